The van der Waals surface area contributed by atoms with Crippen molar-refractivity contribution in [1.29, 1.82) is 0 Å². The van der Waals surface area contributed by atoms with Crippen LogP contribution in [0.3, 0.4) is 0 Å². The average molecular weight is 308 g/mol. The molecule has 5 rings (SSSR count). The first-order valence-electron chi connectivity index (χ1n) is 8.07. The Kier molecular flexibility index (Phi) is 3.29. The fourth-order valence-electron chi connectivity index (χ4n) is 5.55. The van der Waals surface area contributed by atoms with Gasteiger partial charge >= 0.3 is 0 Å². The summed E-state index contributed by atoms with van der Waals surface area (Å²) < 4.78 is 5.48. The number of alkyl halides is 1. The van der Waals surface area contributed by atoms with Crippen LogP contribution in [0.25, 0.3) is 0 Å². The number of hydrogen-bond acceptors (Lipinski definition) is 2. The van der Waals surface area contributed by atoms with Gasteiger partial charge in [0, 0.05) is 5.54 Å². The molecule has 4 heteroatoms. The molecule has 4 aliphatic rings. The summed E-state index contributed by atoms with van der Waals surface area (Å²) in [6.07, 6.45) is 9.32. The number of halogens is 1. The van der Waals surface area contributed by atoms with Crippen LogP contribution in [0, 0.1) is 17.8 Å². The third-order valence-corrected chi connectivity index (χ3v) is 6.12. The monoisotopic (exact) mass is 307 g/mol. The Morgan fingerprint density at radius 3 is 2.33 bits per heavy atom. The largest absolute Gasteiger partial charge is 0.467 e. The third-order valence-electron chi connectivity index (χ3n) is 5.89. The Labute approximate surface area is 130 Å². The third kappa shape index (κ3) is 2.30. The first kappa shape index (κ1) is 13.7. The van der Waals surface area contributed by atoms with Crippen LogP contribution in [0.5, 0.6) is 0 Å². The van der Waals surface area contributed by atoms with Crippen molar-refractivity contribution >= 4 is 17.5 Å². The number of nitrogens with zero attached hydrogens (tertiary/aromatic N) is 1. The van der Waals surface area contributed by atoms with Gasteiger partial charge in [0.05, 0.1) is 12.8 Å². The number of carbonyl (C=O) groups is 1. The summed E-state index contributed by atoms with van der Waals surface area (Å²) in [6, 6.07) is 3.84. The highest BCUT2D eigenvalue weighted by Crippen LogP contribution is 2.58. The summed E-state index contributed by atoms with van der Waals surface area (Å²) in [4.78, 5) is 14.6. The second-order valence-electron chi connectivity index (χ2n) is 7.33. The van der Waals surface area contributed by atoms with Crippen molar-refractivity contribution in [3.8, 4) is 0 Å². The summed E-state index contributed by atoms with van der Waals surface area (Å²) in [5, 5.41) is 0. The van der Waals surface area contributed by atoms with Crippen LogP contribution in [-0.4, -0.2) is 22.2 Å². The predicted molar refractivity (Wildman–Crippen MR) is 80.9 cm³/mol. The van der Waals surface area contributed by atoms with E-state index in [1.54, 1.807) is 6.26 Å². The molecule has 0 spiro atoms. The SMILES string of the molecule is O=C(CCl)N(Cc1ccco1)C12CC3CC(CC(C3)C1)C2. The Balaban J connectivity index is 1.64. The molecular formula is C17H22ClNO2. The highest BCUT2D eigenvalue weighted by molar-refractivity contribution is 6.27. The molecule has 0 aliphatic heterocycles. The van der Waals surface area contributed by atoms with Crippen LogP contribution in [0.15, 0.2) is 22.8 Å². The lowest BCUT2D eigenvalue weighted by Crippen LogP contribution is -2.61. The Morgan fingerprint density at radius 1 is 1.24 bits per heavy atom. The fraction of sp³-hybridized carbons (Fsp3) is 0.706. The Hall–Kier alpha value is -0.960. The van der Waals surface area contributed by atoms with Crippen LogP contribution < -0.4 is 0 Å². The van der Waals surface area contributed by atoms with Gasteiger partial charge in [0.2, 0.25) is 5.91 Å². The van der Waals surface area contributed by atoms with Gasteiger partial charge in [0.15, 0.2) is 0 Å². The van der Waals surface area contributed by atoms with Gasteiger partial charge in [-0.15, -0.1) is 11.6 Å². The van der Waals surface area contributed by atoms with Gasteiger partial charge in [-0.05, 0) is 68.4 Å². The standard InChI is InChI=1S/C17H22ClNO2/c18-10-16(20)19(11-15-2-1-3-21-15)17-7-12-4-13(8-17)6-14(5-12)9-17/h1-3,12-14H,4-11H2. The molecule has 0 unspecified atom stereocenters. The lowest BCUT2D eigenvalue weighted by molar-refractivity contribution is -0.150. The number of amides is 1. The van der Waals surface area contributed by atoms with Gasteiger partial charge in [0.25, 0.3) is 0 Å². The minimum atomic E-state index is 0.0491. The molecule has 4 aliphatic carbocycles. The van der Waals surface area contributed by atoms with Gasteiger partial charge in [0.1, 0.15) is 11.6 Å². The maximum absolute atomic E-state index is 12.5. The van der Waals surface area contributed by atoms with Crippen molar-refractivity contribution in [3.63, 3.8) is 0 Å². The molecule has 3 nitrogen and oxygen atoms in total. The van der Waals surface area contributed by atoms with Gasteiger partial charge < -0.3 is 9.32 Å². The minimum absolute atomic E-state index is 0.0491. The normalized spacial score (nSPS) is 36.9. The lowest BCUT2D eigenvalue weighted by Gasteiger charge is -2.60. The first-order valence-corrected chi connectivity index (χ1v) is 8.61. The Bertz CT molecular complexity index is 490. The van der Waals surface area contributed by atoms with Crippen molar-refractivity contribution in [2.45, 2.75) is 50.6 Å². The van der Waals surface area contributed by atoms with E-state index in [9.17, 15) is 4.79 Å². The molecule has 0 N–H and O–H groups in total. The number of furan rings is 1. The zero-order chi connectivity index (χ0) is 14.4. The summed E-state index contributed by atoms with van der Waals surface area (Å²) in [5.74, 6) is 3.46. The molecule has 0 radical (unpaired) electrons. The van der Waals surface area contributed by atoms with E-state index >= 15 is 0 Å². The minimum Gasteiger partial charge on any atom is -0.467 e. The molecule has 4 bridgehead atoms. The smallest absolute Gasteiger partial charge is 0.238 e. The summed E-state index contributed by atoms with van der Waals surface area (Å²) in [7, 11) is 0. The zero-order valence-electron chi connectivity index (χ0n) is 12.3. The van der Waals surface area contributed by atoms with E-state index in [4.69, 9.17) is 16.0 Å². The molecule has 4 saturated carbocycles. The number of hydrogen-bond donors (Lipinski definition) is 0. The van der Waals surface area contributed by atoms with Crippen molar-refractivity contribution in [1.82, 2.24) is 4.90 Å². The molecule has 1 heterocycles. The van der Waals surface area contributed by atoms with E-state index < -0.39 is 0 Å². The second-order valence-corrected chi connectivity index (χ2v) is 7.60. The molecule has 0 aromatic carbocycles. The van der Waals surface area contributed by atoms with E-state index in [1.165, 1.54) is 38.5 Å². The molecule has 0 saturated heterocycles. The first-order chi connectivity index (χ1) is 10.2. The zero-order valence-corrected chi connectivity index (χ0v) is 13.0. The second kappa shape index (κ2) is 5.05. The van der Waals surface area contributed by atoms with Crippen LogP contribution >= 0.6 is 11.6 Å². The van der Waals surface area contributed by atoms with E-state index in [-0.39, 0.29) is 17.3 Å². The van der Waals surface area contributed by atoms with Crippen LogP contribution in [0.1, 0.15) is 44.3 Å². The van der Waals surface area contributed by atoms with Crippen LogP contribution in [0.2, 0.25) is 0 Å². The number of carbonyl (C=O) groups excluding carboxylic acids is 1. The van der Waals surface area contributed by atoms with E-state index in [2.05, 4.69) is 4.90 Å². The van der Waals surface area contributed by atoms with Crippen molar-refractivity contribution < 1.29 is 9.21 Å². The van der Waals surface area contributed by atoms with Crippen molar-refractivity contribution in [3.05, 3.63) is 24.2 Å². The van der Waals surface area contributed by atoms with Gasteiger partial charge in [-0.25, -0.2) is 0 Å². The highest BCUT2D eigenvalue weighted by atomic mass is 35.5. The van der Waals surface area contributed by atoms with Crippen LogP contribution in [0.4, 0.5) is 0 Å². The lowest BCUT2D eigenvalue weighted by atomic mass is 9.52. The molecule has 1 aromatic rings. The molecule has 1 aromatic heterocycles. The van der Waals surface area contributed by atoms with Gasteiger partial charge in [-0.1, -0.05) is 0 Å². The molecule has 21 heavy (non-hydrogen) atoms. The number of rotatable bonds is 4. The van der Waals surface area contributed by atoms with E-state index in [0.717, 1.165) is 23.5 Å². The predicted octanol–water partition coefficient (Wildman–Crippen LogP) is 3.82. The van der Waals surface area contributed by atoms with Crippen molar-refractivity contribution in [2.75, 3.05) is 5.88 Å². The molecule has 0 atom stereocenters. The molecule has 114 valence electrons. The Morgan fingerprint density at radius 2 is 1.86 bits per heavy atom. The molecular weight excluding hydrogens is 286 g/mol. The van der Waals surface area contributed by atoms with E-state index in [0.29, 0.717) is 6.54 Å². The fourth-order valence-corrected chi connectivity index (χ4v) is 5.69. The molecule has 4 fully saturated rings. The summed E-state index contributed by atoms with van der Waals surface area (Å²) >= 11 is 5.91. The summed E-state index contributed by atoms with van der Waals surface area (Å²) in [6.45, 7) is 0.574. The maximum Gasteiger partial charge on any atom is 0.238 e. The van der Waals surface area contributed by atoms with Crippen molar-refractivity contribution in [2.24, 2.45) is 17.8 Å². The van der Waals surface area contributed by atoms with E-state index in [1.807, 2.05) is 12.1 Å². The maximum atomic E-state index is 12.5. The highest BCUT2D eigenvalue weighted by Gasteiger charge is 2.54. The van der Waals surface area contributed by atoms with Crippen LogP contribution in [-0.2, 0) is 11.3 Å². The van der Waals surface area contributed by atoms with Gasteiger partial charge in [-0.2, -0.15) is 0 Å². The quantitative estimate of drug-likeness (QED) is 0.792. The van der Waals surface area contributed by atoms with Gasteiger partial charge in [-0.3, -0.25) is 4.79 Å². The molecule has 1 amide bonds. The average Bonchev–Trinajstić information content (AvgIpc) is 2.95. The topological polar surface area (TPSA) is 33.5 Å². The summed E-state index contributed by atoms with van der Waals surface area (Å²) in [5.41, 5.74) is 0.0491.